The molecule has 2 N–H and O–H groups in total. The second kappa shape index (κ2) is 3.54. The first-order valence-electron chi connectivity index (χ1n) is 3.68. The van der Waals surface area contributed by atoms with E-state index in [9.17, 15) is 5.11 Å². The van der Waals surface area contributed by atoms with Gasteiger partial charge in [-0.2, -0.15) is 0 Å². The summed E-state index contributed by atoms with van der Waals surface area (Å²) in [6.07, 6.45) is 0. The number of hydrogen-bond acceptors (Lipinski definition) is 2. The Morgan fingerprint density at radius 1 is 0.923 bits per heavy atom. The second-order valence-corrected chi connectivity index (χ2v) is 2.68. The summed E-state index contributed by atoms with van der Waals surface area (Å²) in [6.45, 7) is 0. The number of benzene rings is 2. The van der Waals surface area contributed by atoms with Gasteiger partial charge in [-0.25, -0.2) is 0 Å². The van der Waals surface area contributed by atoms with Crippen LogP contribution >= 0.6 is 12.4 Å². The van der Waals surface area contributed by atoms with Crippen molar-refractivity contribution >= 4 is 23.2 Å². The van der Waals surface area contributed by atoms with Gasteiger partial charge in [0.15, 0.2) is 0 Å². The predicted octanol–water partition coefficient (Wildman–Crippen LogP) is 2.67. The van der Waals surface area contributed by atoms with Gasteiger partial charge in [-0.3, -0.25) is 0 Å². The summed E-state index contributed by atoms with van der Waals surface area (Å²) >= 11 is 0. The lowest BCUT2D eigenvalue weighted by Gasteiger charge is -1.99. The molecule has 13 heavy (non-hydrogen) atoms. The number of phenols is 2. The molecule has 0 saturated heterocycles. The fraction of sp³-hybridized carbons (Fsp3) is 0. The Morgan fingerprint density at radius 3 is 2.46 bits per heavy atom. The molecule has 0 saturated carbocycles. The van der Waals surface area contributed by atoms with Crippen molar-refractivity contribution in [3.8, 4) is 11.5 Å². The van der Waals surface area contributed by atoms with Gasteiger partial charge in [-0.15, -0.1) is 12.4 Å². The molecule has 0 spiro atoms. The number of rotatable bonds is 0. The molecule has 2 rings (SSSR count). The Kier molecular flexibility index (Phi) is 2.63. The van der Waals surface area contributed by atoms with Crippen molar-refractivity contribution in [1.29, 1.82) is 0 Å². The van der Waals surface area contributed by atoms with Gasteiger partial charge in [0, 0.05) is 5.39 Å². The summed E-state index contributed by atoms with van der Waals surface area (Å²) in [4.78, 5) is 0. The number of hydrogen-bond donors (Lipinski definition) is 2. The zero-order valence-corrected chi connectivity index (χ0v) is 7.58. The molecule has 0 aliphatic rings. The largest absolute Gasteiger partial charge is 0.508 e. The van der Waals surface area contributed by atoms with E-state index >= 15 is 0 Å². The summed E-state index contributed by atoms with van der Waals surface area (Å²) in [6, 6.07) is 10.1. The molecule has 0 unspecified atom stereocenters. The highest BCUT2D eigenvalue weighted by molar-refractivity contribution is 5.88. The molecule has 3 heteroatoms. The van der Waals surface area contributed by atoms with Crippen molar-refractivity contribution < 1.29 is 10.2 Å². The van der Waals surface area contributed by atoms with Crippen molar-refractivity contribution in [1.82, 2.24) is 0 Å². The molecule has 2 nitrogen and oxygen atoms in total. The van der Waals surface area contributed by atoms with Crippen molar-refractivity contribution in [2.45, 2.75) is 0 Å². The van der Waals surface area contributed by atoms with Gasteiger partial charge in [-0.1, -0.05) is 12.1 Å². The quantitative estimate of drug-likeness (QED) is 0.680. The zero-order valence-electron chi connectivity index (χ0n) is 6.77. The highest BCUT2D eigenvalue weighted by atomic mass is 35.5. The smallest absolute Gasteiger partial charge is 0.123 e. The van der Waals surface area contributed by atoms with Crippen LogP contribution in [0.2, 0.25) is 0 Å². The van der Waals surface area contributed by atoms with Crippen LogP contribution in [0.3, 0.4) is 0 Å². The number of aromatic hydroxyl groups is 2. The van der Waals surface area contributed by atoms with E-state index in [-0.39, 0.29) is 23.9 Å². The van der Waals surface area contributed by atoms with E-state index in [0.29, 0.717) is 0 Å². The normalized spacial score (nSPS) is 9.54. The third kappa shape index (κ3) is 1.68. The highest BCUT2D eigenvalue weighted by Crippen LogP contribution is 2.26. The van der Waals surface area contributed by atoms with Crippen LogP contribution in [-0.4, -0.2) is 10.2 Å². The summed E-state index contributed by atoms with van der Waals surface area (Å²) in [5, 5.41) is 20.1. The minimum Gasteiger partial charge on any atom is -0.508 e. The molecular formula is C10H9ClO2. The summed E-state index contributed by atoms with van der Waals surface area (Å²) in [5.74, 6) is 0.459. The fourth-order valence-corrected chi connectivity index (χ4v) is 1.25. The molecule has 2 aromatic carbocycles. The molecule has 0 aliphatic heterocycles. The maximum Gasteiger partial charge on any atom is 0.123 e. The maximum absolute atomic E-state index is 9.38. The molecule has 2 aromatic rings. The topological polar surface area (TPSA) is 40.5 Å². The Hall–Kier alpha value is -1.41. The zero-order chi connectivity index (χ0) is 8.55. The molecule has 0 heterocycles. The Balaban J connectivity index is 0.000000845. The van der Waals surface area contributed by atoms with E-state index < -0.39 is 0 Å². The van der Waals surface area contributed by atoms with Crippen LogP contribution in [0.4, 0.5) is 0 Å². The van der Waals surface area contributed by atoms with E-state index in [2.05, 4.69) is 0 Å². The molecule has 0 atom stereocenters. The van der Waals surface area contributed by atoms with Crippen LogP contribution in [0.15, 0.2) is 36.4 Å². The Labute approximate surface area is 81.9 Å². The van der Waals surface area contributed by atoms with Crippen LogP contribution in [0.25, 0.3) is 10.8 Å². The van der Waals surface area contributed by atoms with E-state index in [1.54, 1.807) is 30.3 Å². The number of fused-ring (bicyclic) bond motifs is 1. The summed E-state index contributed by atoms with van der Waals surface area (Å²) < 4.78 is 0. The maximum atomic E-state index is 9.38. The molecule has 0 aliphatic carbocycles. The molecule has 0 aromatic heterocycles. The molecule has 68 valence electrons. The van der Waals surface area contributed by atoms with Crippen LogP contribution in [-0.2, 0) is 0 Å². The van der Waals surface area contributed by atoms with Crippen molar-refractivity contribution in [3.63, 3.8) is 0 Å². The second-order valence-electron chi connectivity index (χ2n) is 2.68. The molecule has 0 bridgehead atoms. The average Bonchev–Trinajstić information content (AvgIpc) is 2.04. The number of halogens is 1. The SMILES string of the molecule is Cl.Oc1ccc2c(O)cccc2c1. The van der Waals surface area contributed by atoms with Gasteiger partial charge in [0.2, 0.25) is 0 Å². The van der Waals surface area contributed by atoms with Crippen molar-refractivity contribution in [2.24, 2.45) is 0 Å². The number of phenolic OH excluding ortho intramolecular Hbond substituents is 2. The van der Waals surface area contributed by atoms with Gasteiger partial charge in [0.1, 0.15) is 11.5 Å². The van der Waals surface area contributed by atoms with Crippen LogP contribution in [0.5, 0.6) is 11.5 Å². The van der Waals surface area contributed by atoms with Gasteiger partial charge >= 0.3 is 0 Å². The molecule has 0 fully saturated rings. The van der Waals surface area contributed by atoms with Gasteiger partial charge in [-0.05, 0) is 29.7 Å². The highest BCUT2D eigenvalue weighted by Gasteiger charge is 1.98. The molecule has 0 amide bonds. The molecule has 0 radical (unpaired) electrons. The van der Waals surface area contributed by atoms with Gasteiger partial charge in [0.05, 0.1) is 0 Å². The lowest BCUT2D eigenvalue weighted by molar-refractivity contribution is 0.475. The lowest BCUT2D eigenvalue weighted by Crippen LogP contribution is -1.72. The van der Waals surface area contributed by atoms with Crippen LogP contribution in [0, 0.1) is 0 Å². The van der Waals surface area contributed by atoms with Crippen molar-refractivity contribution in [3.05, 3.63) is 36.4 Å². The minimum absolute atomic E-state index is 0. The van der Waals surface area contributed by atoms with E-state index in [1.807, 2.05) is 6.07 Å². The average molecular weight is 197 g/mol. The van der Waals surface area contributed by atoms with E-state index in [0.717, 1.165) is 10.8 Å². The minimum atomic E-state index is 0. The Bertz CT molecular complexity index is 426. The Morgan fingerprint density at radius 2 is 1.69 bits per heavy atom. The fourth-order valence-electron chi connectivity index (χ4n) is 1.25. The van der Waals surface area contributed by atoms with E-state index in [1.165, 1.54) is 0 Å². The third-order valence-electron chi connectivity index (χ3n) is 1.84. The summed E-state index contributed by atoms with van der Waals surface area (Å²) in [7, 11) is 0. The first-order valence-corrected chi connectivity index (χ1v) is 3.68. The van der Waals surface area contributed by atoms with Crippen LogP contribution in [0.1, 0.15) is 0 Å². The van der Waals surface area contributed by atoms with Crippen molar-refractivity contribution in [2.75, 3.05) is 0 Å². The molecular weight excluding hydrogens is 188 g/mol. The summed E-state index contributed by atoms with van der Waals surface area (Å²) in [5.41, 5.74) is 0. The first kappa shape index (κ1) is 9.68. The monoisotopic (exact) mass is 196 g/mol. The third-order valence-corrected chi connectivity index (χ3v) is 1.84. The van der Waals surface area contributed by atoms with Gasteiger partial charge < -0.3 is 10.2 Å². The van der Waals surface area contributed by atoms with Gasteiger partial charge in [0.25, 0.3) is 0 Å². The lowest BCUT2D eigenvalue weighted by atomic mass is 10.1. The van der Waals surface area contributed by atoms with E-state index in [4.69, 9.17) is 5.11 Å². The first-order chi connectivity index (χ1) is 5.77. The predicted molar refractivity (Wildman–Crippen MR) is 54.5 cm³/mol. The standard InChI is InChI=1S/C10H8O2.ClH/c11-8-4-5-9-7(6-8)2-1-3-10(9)12;/h1-6,11-12H;1H. The van der Waals surface area contributed by atoms with Crippen LogP contribution < -0.4 is 0 Å².